The lowest BCUT2D eigenvalue weighted by Crippen LogP contribution is -1.98. The van der Waals surface area contributed by atoms with Crippen molar-refractivity contribution in [3.05, 3.63) is 13.8 Å². The Morgan fingerprint density at radius 3 is 1.87 bits per heavy atom. The van der Waals surface area contributed by atoms with Crippen LogP contribution in [0.1, 0.15) is 77.6 Å². The molecule has 0 aromatic heterocycles. The van der Waals surface area contributed by atoms with E-state index in [1.54, 1.807) is 0 Å². The van der Waals surface area contributed by atoms with Gasteiger partial charge in [0.2, 0.25) is 0 Å². The predicted molar refractivity (Wildman–Crippen MR) is 70.7 cm³/mol. The highest BCUT2D eigenvalue weighted by atomic mass is 14.1. The van der Waals surface area contributed by atoms with Crippen molar-refractivity contribution in [2.45, 2.75) is 77.6 Å². The van der Waals surface area contributed by atoms with Crippen LogP contribution >= 0.6 is 0 Å². The largest absolute Gasteiger partial charge is 0.0651 e. The number of rotatable bonds is 11. The fraction of sp³-hybridized carbons (Fsp3) is 0.867. The van der Waals surface area contributed by atoms with Crippen molar-refractivity contribution in [3.8, 4) is 0 Å². The van der Waals surface area contributed by atoms with Gasteiger partial charge in [-0.05, 0) is 5.92 Å². The average molecular weight is 210 g/mol. The SMILES string of the molecule is [CH2]CCCCCCCCC(CC)CC[CH2]. The summed E-state index contributed by atoms with van der Waals surface area (Å²) in [6, 6.07) is 0. The summed E-state index contributed by atoms with van der Waals surface area (Å²) in [5.41, 5.74) is 0. The summed E-state index contributed by atoms with van der Waals surface area (Å²) >= 11 is 0. The van der Waals surface area contributed by atoms with Crippen LogP contribution in [0, 0.1) is 19.8 Å². The van der Waals surface area contributed by atoms with Gasteiger partial charge < -0.3 is 0 Å². The number of unbranched alkanes of at least 4 members (excludes halogenated alkanes) is 6. The molecule has 0 aromatic carbocycles. The summed E-state index contributed by atoms with van der Waals surface area (Å²) in [7, 11) is 0. The minimum absolute atomic E-state index is 0.947. The van der Waals surface area contributed by atoms with Gasteiger partial charge in [-0.3, -0.25) is 0 Å². The van der Waals surface area contributed by atoms with Gasteiger partial charge in [0.15, 0.2) is 0 Å². The molecule has 0 heteroatoms. The van der Waals surface area contributed by atoms with Gasteiger partial charge in [-0.1, -0.05) is 91.4 Å². The lowest BCUT2D eigenvalue weighted by atomic mass is 9.94. The van der Waals surface area contributed by atoms with E-state index in [0.717, 1.165) is 18.8 Å². The predicted octanol–water partition coefficient (Wildman–Crippen LogP) is 5.58. The van der Waals surface area contributed by atoms with E-state index in [9.17, 15) is 0 Å². The second-order valence-corrected chi connectivity index (χ2v) is 4.68. The maximum absolute atomic E-state index is 3.95. The molecule has 0 aromatic rings. The van der Waals surface area contributed by atoms with Crippen LogP contribution in [0.4, 0.5) is 0 Å². The molecular formula is C15H30. The zero-order valence-electron chi connectivity index (χ0n) is 10.8. The maximum atomic E-state index is 3.95. The van der Waals surface area contributed by atoms with Crippen LogP contribution < -0.4 is 0 Å². The third-order valence-electron chi connectivity index (χ3n) is 3.30. The summed E-state index contributed by atoms with van der Waals surface area (Å²) in [5, 5.41) is 0. The van der Waals surface area contributed by atoms with Crippen LogP contribution in [0.15, 0.2) is 0 Å². The third kappa shape index (κ3) is 10.3. The molecule has 0 nitrogen and oxygen atoms in total. The molecule has 0 spiro atoms. The van der Waals surface area contributed by atoms with Crippen LogP contribution in [0.25, 0.3) is 0 Å². The van der Waals surface area contributed by atoms with Gasteiger partial charge in [0.25, 0.3) is 0 Å². The van der Waals surface area contributed by atoms with Crippen LogP contribution in [-0.4, -0.2) is 0 Å². The standard InChI is InChI=1S/C15H30/c1-4-7-8-9-10-11-12-14-15(6-3)13-5-2/h15H,1-2,4-14H2,3H3. The van der Waals surface area contributed by atoms with Gasteiger partial charge in [0, 0.05) is 0 Å². The Kier molecular flexibility index (Phi) is 12.1. The quantitative estimate of drug-likeness (QED) is 0.390. The molecule has 0 saturated heterocycles. The van der Waals surface area contributed by atoms with Crippen molar-refractivity contribution in [2.24, 2.45) is 5.92 Å². The van der Waals surface area contributed by atoms with Crippen molar-refractivity contribution < 1.29 is 0 Å². The van der Waals surface area contributed by atoms with E-state index in [1.807, 2.05) is 0 Å². The normalized spacial score (nSPS) is 13.0. The second-order valence-electron chi connectivity index (χ2n) is 4.68. The average Bonchev–Trinajstić information content (AvgIpc) is 2.26. The van der Waals surface area contributed by atoms with Gasteiger partial charge >= 0.3 is 0 Å². The summed E-state index contributed by atoms with van der Waals surface area (Å²) < 4.78 is 0. The third-order valence-corrected chi connectivity index (χ3v) is 3.30. The summed E-state index contributed by atoms with van der Waals surface area (Å²) in [6.45, 7) is 10.1. The first-order valence-corrected chi connectivity index (χ1v) is 6.93. The molecule has 0 heterocycles. The van der Waals surface area contributed by atoms with Crippen LogP contribution in [0.3, 0.4) is 0 Å². The number of hydrogen-bond acceptors (Lipinski definition) is 0. The molecule has 2 radical (unpaired) electrons. The Morgan fingerprint density at radius 1 is 0.733 bits per heavy atom. The van der Waals surface area contributed by atoms with E-state index in [1.165, 1.54) is 57.8 Å². The van der Waals surface area contributed by atoms with E-state index in [0.29, 0.717) is 0 Å². The first-order chi connectivity index (χ1) is 7.35. The van der Waals surface area contributed by atoms with Crippen molar-refractivity contribution in [3.63, 3.8) is 0 Å². The smallest absolute Gasteiger partial charge is 0.0417 e. The highest BCUT2D eigenvalue weighted by molar-refractivity contribution is 4.59. The van der Waals surface area contributed by atoms with E-state index >= 15 is 0 Å². The van der Waals surface area contributed by atoms with Crippen LogP contribution in [-0.2, 0) is 0 Å². The molecule has 0 fully saturated rings. The molecule has 0 aliphatic carbocycles. The van der Waals surface area contributed by atoms with Gasteiger partial charge in [-0.15, -0.1) is 0 Å². The summed E-state index contributed by atoms with van der Waals surface area (Å²) in [4.78, 5) is 0. The molecule has 0 bridgehead atoms. The summed E-state index contributed by atoms with van der Waals surface area (Å²) in [5.74, 6) is 0.947. The molecule has 0 amide bonds. The van der Waals surface area contributed by atoms with E-state index in [2.05, 4.69) is 20.8 Å². The van der Waals surface area contributed by atoms with Gasteiger partial charge in [-0.25, -0.2) is 0 Å². The molecule has 1 atom stereocenters. The van der Waals surface area contributed by atoms with E-state index < -0.39 is 0 Å². The Balaban J connectivity index is 3.14. The molecule has 0 rings (SSSR count). The molecule has 0 aliphatic rings. The maximum Gasteiger partial charge on any atom is -0.0417 e. The molecule has 0 N–H and O–H groups in total. The minimum Gasteiger partial charge on any atom is -0.0651 e. The van der Waals surface area contributed by atoms with E-state index in [4.69, 9.17) is 0 Å². The van der Waals surface area contributed by atoms with Crippen molar-refractivity contribution in [1.82, 2.24) is 0 Å². The Labute approximate surface area is 97.8 Å². The van der Waals surface area contributed by atoms with Gasteiger partial charge in [0.05, 0.1) is 0 Å². The second kappa shape index (κ2) is 12.1. The minimum atomic E-state index is 0.947. The summed E-state index contributed by atoms with van der Waals surface area (Å²) in [6.07, 6.45) is 14.8. The Morgan fingerprint density at radius 2 is 1.33 bits per heavy atom. The first kappa shape index (κ1) is 15.0. The van der Waals surface area contributed by atoms with E-state index in [-0.39, 0.29) is 0 Å². The lowest BCUT2D eigenvalue weighted by Gasteiger charge is -2.12. The Hall–Kier alpha value is 0. The molecule has 15 heavy (non-hydrogen) atoms. The molecule has 0 aliphatic heterocycles. The van der Waals surface area contributed by atoms with Crippen molar-refractivity contribution in [1.29, 1.82) is 0 Å². The van der Waals surface area contributed by atoms with Crippen molar-refractivity contribution >= 4 is 0 Å². The first-order valence-electron chi connectivity index (χ1n) is 6.93. The molecule has 90 valence electrons. The monoisotopic (exact) mass is 210 g/mol. The lowest BCUT2D eigenvalue weighted by molar-refractivity contribution is 0.414. The zero-order chi connectivity index (χ0) is 11.4. The highest BCUT2D eigenvalue weighted by Crippen LogP contribution is 2.19. The fourth-order valence-corrected chi connectivity index (χ4v) is 2.16. The molecule has 1 unspecified atom stereocenters. The number of hydrogen-bond donors (Lipinski definition) is 0. The van der Waals surface area contributed by atoms with Crippen LogP contribution in [0.5, 0.6) is 0 Å². The van der Waals surface area contributed by atoms with Crippen LogP contribution in [0.2, 0.25) is 0 Å². The molecule has 0 saturated carbocycles. The topological polar surface area (TPSA) is 0 Å². The Bertz CT molecular complexity index is 107. The van der Waals surface area contributed by atoms with Crippen molar-refractivity contribution in [2.75, 3.05) is 0 Å². The highest BCUT2D eigenvalue weighted by Gasteiger charge is 2.03. The zero-order valence-corrected chi connectivity index (χ0v) is 10.8. The van der Waals surface area contributed by atoms with Gasteiger partial charge in [0.1, 0.15) is 0 Å². The van der Waals surface area contributed by atoms with Gasteiger partial charge in [-0.2, -0.15) is 0 Å². The fourth-order valence-electron chi connectivity index (χ4n) is 2.16. The molecular weight excluding hydrogens is 180 g/mol.